The van der Waals surface area contributed by atoms with E-state index in [2.05, 4.69) is 28.3 Å². The van der Waals surface area contributed by atoms with E-state index in [1.165, 1.54) is 5.56 Å². The Balaban J connectivity index is 1.69. The fourth-order valence-corrected chi connectivity index (χ4v) is 4.73. The molecule has 5 nitrogen and oxygen atoms in total. The molecule has 2 N–H and O–H groups in total. The number of halogens is 1. The number of hydrogen-bond acceptors (Lipinski definition) is 3. The lowest BCUT2D eigenvalue weighted by molar-refractivity contribution is -0.142. The van der Waals surface area contributed by atoms with Gasteiger partial charge in [-0.2, -0.15) is 0 Å². The molecule has 0 aromatic heterocycles. The summed E-state index contributed by atoms with van der Waals surface area (Å²) in [5.74, 6) is -0.899. The Morgan fingerprint density at radius 2 is 1.97 bits per heavy atom. The zero-order valence-corrected chi connectivity index (χ0v) is 19.6. The number of amides is 1. The van der Waals surface area contributed by atoms with Gasteiger partial charge in [-0.1, -0.05) is 56.3 Å². The molecule has 1 saturated heterocycles. The summed E-state index contributed by atoms with van der Waals surface area (Å²) < 4.78 is 2.66. The van der Waals surface area contributed by atoms with Crippen LogP contribution in [0.5, 0.6) is 0 Å². The standard InChI is InChI=1S/C24H29IN2O3/c1-17-15-27(16-20(23(29)30)13-18-7-4-3-5-8-18)12-11-24(17,2)21-10-6-9-19(14-21)22(28)26-25/h3-10,14,17,20H,11-13,15-16H2,1-2H3,(H,26,28)(H,29,30)/t17-,20-,24+/m0/s1. The van der Waals surface area contributed by atoms with E-state index in [4.69, 9.17) is 0 Å². The monoisotopic (exact) mass is 520 g/mol. The van der Waals surface area contributed by atoms with Gasteiger partial charge < -0.3 is 10.0 Å². The van der Waals surface area contributed by atoms with Gasteiger partial charge in [0, 0.05) is 18.7 Å². The van der Waals surface area contributed by atoms with Crippen LogP contribution in [-0.4, -0.2) is 41.5 Å². The van der Waals surface area contributed by atoms with Crippen LogP contribution in [0.2, 0.25) is 0 Å². The molecule has 1 amide bonds. The molecule has 2 aromatic rings. The molecule has 1 fully saturated rings. The van der Waals surface area contributed by atoms with Crippen LogP contribution in [0.4, 0.5) is 0 Å². The molecule has 0 saturated carbocycles. The second-order valence-corrected chi connectivity index (χ2v) is 9.10. The van der Waals surface area contributed by atoms with Gasteiger partial charge >= 0.3 is 5.97 Å². The second kappa shape index (κ2) is 9.92. The number of carbonyl (C=O) groups excluding carboxylic acids is 1. The van der Waals surface area contributed by atoms with E-state index >= 15 is 0 Å². The number of carboxylic acid groups (broad SMARTS) is 1. The van der Waals surface area contributed by atoms with Crippen molar-refractivity contribution in [1.29, 1.82) is 0 Å². The van der Waals surface area contributed by atoms with Crippen LogP contribution in [0.1, 0.15) is 41.8 Å². The number of piperidine rings is 1. The lowest BCUT2D eigenvalue weighted by Crippen LogP contribution is -2.49. The van der Waals surface area contributed by atoms with Crippen molar-refractivity contribution in [2.75, 3.05) is 19.6 Å². The number of nitrogens with one attached hydrogen (secondary N) is 1. The lowest BCUT2D eigenvalue weighted by Gasteiger charge is -2.45. The molecule has 160 valence electrons. The van der Waals surface area contributed by atoms with Crippen LogP contribution in [0.3, 0.4) is 0 Å². The van der Waals surface area contributed by atoms with Gasteiger partial charge in [-0.3, -0.25) is 13.1 Å². The maximum absolute atomic E-state index is 12.0. The van der Waals surface area contributed by atoms with Crippen molar-refractivity contribution in [3.63, 3.8) is 0 Å². The number of benzene rings is 2. The Kier molecular flexibility index (Phi) is 7.52. The minimum atomic E-state index is -0.739. The molecular weight excluding hydrogens is 491 g/mol. The zero-order chi connectivity index (χ0) is 21.7. The third-order valence-corrected chi connectivity index (χ3v) is 7.08. The normalized spacial score (nSPS) is 23.0. The van der Waals surface area contributed by atoms with Crippen molar-refractivity contribution in [1.82, 2.24) is 8.43 Å². The second-order valence-electron chi connectivity index (χ2n) is 8.56. The summed E-state index contributed by atoms with van der Waals surface area (Å²) >= 11 is 1.86. The molecule has 2 aromatic carbocycles. The van der Waals surface area contributed by atoms with Gasteiger partial charge in [0.1, 0.15) is 0 Å². The molecular formula is C24H29IN2O3. The molecule has 0 aliphatic carbocycles. The van der Waals surface area contributed by atoms with Crippen molar-refractivity contribution < 1.29 is 14.7 Å². The van der Waals surface area contributed by atoms with Crippen molar-refractivity contribution in [3.8, 4) is 0 Å². The first-order valence-corrected chi connectivity index (χ1v) is 11.4. The van der Waals surface area contributed by atoms with Crippen molar-refractivity contribution >= 4 is 34.7 Å². The molecule has 6 heteroatoms. The number of carbonyl (C=O) groups is 2. The van der Waals surface area contributed by atoms with Crippen molar-refractivity contribution in [3.05, 3.63) is 71.3 Å². The van der Waals surface area contributed by atoms with Gasteiger partial charge in [0.25, 0.3) is 5.91 Å². The van der Waals surface area contributed by atoms with Crippen LogP contribution < -0.4 is 3.53 Å². The molecule has 0 radical (unpaired) electrons. The van der Waals surface area contributed by atoms with Gasteiger partial charge in [0.2, 0.25) is 0 Å². The highest BCUT2D eigenvalue weighted by molar-refractivity contribution is 14.1. The Bertz CT molecular complexity index is 889. The van der Waals surface area contributed by atoms with Gasteiger partial charge in [-0.25, -0.2) is 0 Å². The molecule has 0 bridgehead atoms. The van der Waals surface area contributed by atoms with Crippen molar-refractivity contribution in [2.24, 2.45) is 11.8 Å². The first-order chi connectivity index (χ1) is 14.3. The molecule has 0 spiro atoms. The fraction of sp³-hybridized carbons (Fsp3) is 0.417. The highest BCUT2D eigenvalue weighted by Gasteiger charge is 2.39. The SMILES string of the molecule is C[C@H]1CN(C[C@H](Cc2ccccc2)C(=O)O)CC[C@@]1(C)c1cccc(C(=O)NI)c1. The van der Waals surface area contributed by atoms with E-state index < -0.39 is 11.9 Å². The Hall–Kier alpha value is -1.93. The first-order valence-electron chi connectivity index (χ1n) is 10.3. The molecule has 1 heterocycles. The molecule has 1 aliphatic heterocycles. The smallest absolute Gasteiger partial charge is 0.308 e. The van der Waals surface area contributed by atoms with Crippen LogP contribution in [0.25, 0.3) is 0 Å². The maximum Gasteiger partial charge on any atom is 0.308 e. The van der Waals surface area contributed by atoms with E-state index in [0.29, 0.717) is 24.4 Å². The number of likely N-dealkylation sites (tertiary alicyclic amines) is 1. The number of carboxylic acids is 1. The summed E-state index contributed by atoms with van der Waals surface area (Å²) in [6.45, 7) is 6.74. The van der Waals surface area contributed by atoms with E-state index in [0.717, 1.165) is 25.1 Å². The highest BCUT2D eigenvalue weighted by Crippen LogP contribution is 2.39. The fourth-order valence-electron chi connectivity index (χ4n) is 4.42. The summed E-state index contributed by atoms with van der Waals surface area (Å²) in [5, 5.41) is 9.75. The third-order valence-electron chi connectivity index (χ3n) is 6.59. The quantitative estimate of drug-likeness (QED) is 0.422. The van der Waals surface area contributed by atoms with E-state index in [9.17, 15) is 14.7 Å². The predicted molar refractivity (Wildman–Crippen MR) is 127 cm³/mol. The number of aliphatic carboxylic acids is 1. The summed E-state index contributed by atoms with van der Waals surface area (Å²) in [7, 11) is 0. The molecule has 3 rings (SSSR count). The topological polar surface area (TPSA) is 69.6 Å². The van der Waals surface area contributed by atoms with Crippen LogP contribution in [0.15, 0.2) is 54.6 Å². The molecule has 1 aliphatic rings. The van der Waals surface area contributed by atoms with E-state index in [1.54, 1.807) is 0 Å². The highest BCUT2D eigenvalue weighted by atomic mass is 127. The summed E-state index contributed by atoms with van der Waals surface area (Å²) in [6.07, 6.45) is 1.48. The number of hydrogen-bond donors (Lipinski definition) is 2. The van der Waals surface area contributed by atoms with E-state index in [1.807, 2.05) is 71.4 Å². The molecule has 3 atom stereocenters. The Morgan fingerprint density at radius 1 is 1.23 bits per heavy atom. The Morgan fingerprint density at radius 3 is 2.60 bits per heavy atom. The Labute approximate surface area is 192 Å². The minimum Gasteiger partial charge on any atom is -0.481 e. The predicted octanol–water partition coefficient (Wildman–Crippen LogP) is 4.31. The van der Waals surface area contributed by atoms with Gasteiger partial charge in [0.15, 0.2) is 0 Å². The third kappa shape index (κ3) is 5.21. The van der Waals surface area contributed by atoms with Gasteiger partial charge in [0.05, 0.1) is 28.8 Å². The molecule has 30 heavy (non-hydrogen) atoms. The van der Waals surface area contributed by atoms with Crippen LogP contribution in [0, 0.1) is 11.8 Å². The van der Waals surface area contributed by atoms with Crippen LogP contribution >= 0.6 is 22.9 Å². The molecule has 0 unspecified atom stereocenters. The summed E-state index contributed by atoms with van der Waals surface area (Å²) in [6, 6.07) is 17.7. The first kappa shape index (κ1) is 22.7. The van der Waals surface area contributed by atoms with Gasteiger partial charge in [-0.05, 0) is 54.0 Å². The average molecular weight is 520 g/mol. The average Bonchev–Trinajstić information content (AvgIpc) is 2.76. The minimum absolute atomic E-state index is 0.0454. The van der Waals surface area contributed by atoms with E-state index in [-0.39, 0.29) is 11.3 Å². The number of rotatable bonds is 7. The number of nitrogens with zero attached hydrogens (tertiary/aromatic N) is 1. The maximum atomic E-state index is 12.0. The largest absolute Gasteiger partial charge is 0.481 e. The van der Waals surface area contributed by atoms with Gasteiger partial charge in [-0.15, -0.1) is 0 Å². The zero-order valence-electron chi connectivity index (χ0n) is 17.5. The van der Waals surface area contributed by atoms with Crippen molar-refractivity contribution in [2.45, 2.75) is 32.1 Å². The van der Waals surface area contributed by atoms with Crippen LogP contribution in [-0.2, 0) is 16.6 Å². The summed E-state index contributed by atoms with van der Waals surface area (Å²) in [5.41, 5.74) is 2.86. The summed E-state index contributed by atoms with van der Waals surface area (Å²) in [4.78, 5) is 26.2. The lowest BCUT2D eigenvalue weighted by atomic mass is 9.67.